The Labute approximate surface area is 89.3 Å². The zero-order chi connectivity index (χ0) is 10.2. The van der Waals surface area contributed by atoms with E-state index in [1.807, 2.05) is 11.3 Å². The highest BCUT2D eigenvalue weighted by Gasteiger charge is 2.34. The Morgan fingerprint density at radius 3 is 3.07 bits per heavy atom. The molecular formula is C11H17NOS. The predicted molar refractivity (Wildman–Crippen MR) is 59.9 cm³/mol. The third-order valence-electron chi connectivity index (χ3n) is 3.01. The van der Waals surface area contributed by atoms with Crippen LogP contribution in [0.5, 0.6) is 0 Å². The molecule has 1 aromatic heterocycles. The fraction of sp³-hybridized carbons (Fsp3) is 0.636. The fourth-order valence-corrected chi connectivity index (χ4v) is 2.91. The van der Waals surface area contributed by atoms with Crippen molar-refractivity contribution in [2.75, 3.05) is 13.7 Å². The van der Waals surface area contributed by atoms with Crippen molar-refractivity contribution in [2.45, 2.75) is 31.9 Å². The van der Waals surface area contributed by atoms with E-state index in [1.165, 1.54) is 10.4 Å². The van der Waals surface area contributed by atoms with Gasteiger partial charge in [-0.25, -0.2) is 0 Å². The minimum absolute atomic E-state index is 0.129. The van der Waals surface area contributed by atoms with Crippen LogP contribution in [0.25, 0.3) is 0 Å². The summed E-state index contributed by atoms with van der Waals surface area (Å²) in [5.74, 6) is 0. The van der Waals surface area contributed by atoms with E-state index in [2.05, 4.69) is 30.6 Å². The summed E-state index contributed by atoms with van der Waals surface area (Å²) in [5.41, 5.74) is 1.30. The Morgan fingerprint density at radius 2 is 2.36 bits per heavy atom. The SMILES string of the molecule is COC(C)(C)C1NCCc2sccc21. The van der Waals surface area contributed by atoms with Gasteiger partial charge in [-0.15, -0.1) is 11.3 Å². The third-order valence-corrected chi connectivity index (χ3v) is 4.01. The van der Waals surface area contributed by atoms with Crippen LogP contribution in [0.4, 0.5) is 0 Å². The van der Waals surface area contributed by atoms with E-state index in [9.17, 15) is 0 Å². The van der Waals surface area contributed by atoms with Crippen molar-refractivity contribution >= 4 is 11.3 Å². The molecular weight excluding hydrogens is 194 g/mol. The van der Waals surface area contributed by atoms with E-state index in [4.69, 9.17) is 4.74 Å². The first kappa shape index (κ1) is 10.1. The first-order valence-corrected chi connectivity index (χ1v) is 5.88. The normalized spacial score (nSPS) is 22.1. The van der Waals surface area contributed by atoms with Gasteiger partial charge in [0, 0.05) is 18.5 Å². The molecule has 0 radical (unpaired) electrons. The maximum Gasteiger partial charge on any atom is 0.0816 e. The van der Waals surface area contributed by atoms with Gasteiger partial charge < -0.3 is 10.1 Å². The quantitative estimate of drug-likeness (QED) is 0.811. The summed E-state index contributed by atoms with van der Waals surface area (Å²) in [7, 11) is 1.78. The molecule has 1 aliphatic rings. The lowest BCUT2D eigenvalue weighted by Crippen LogP contribution is -2.43. The number of rotatable bonds is 2. The second-order valence-corrected chi connectivity index (χ2v) is 5.24. The molecule has 0 fully saturated rings. The van der Waals surface area contributed by atoms with E-state index in [0.717, 1.165) is 13.0 Å². The van der Waals surface area contributed by atoms with Crippen LogP contribution in [0.1, 0.15) is 30.3 Å². The highest BCUT2D eigenvalue weighted by Crippen LogP contribution is 2.35. The summed E-state index contributed by atoms with van der Waals surface area (Å²) in [5, 5.41) is 5.71. The number of thiophene rings is 1. The Morgan fingerprint density at radius 1 is 1.57 bits per heavy atom. The monoisotopic (exact) mass is 211 g/mol. The summed E-state index contributed by atoms with van der Waals surface area (Å²) in [6.45, 7) is 5.33. The van der Waals surface area contributed by atoms with Crippen LogP contribution < -0.4 is 5.32 Å². The smallest absolute Gasteiger partial charge is 0.0816 e. The number of hydrogen-bond acceptors (Lipinski definition) is 3. The molecule has 1 atom stereocenters. The minimum atomic E-state index is -0.129. The summed E-state index contributed by atoms with van der Waals surface area (Å²) in [6, 6.07) is 2.56. The van der Waals surface area contributed by atoms with Crippen LogP contribution in [-0.4, -0.2) is 19.3 Å². The molecule has 2 nitrogen and oxygen atoms in total. The predicted octanol–water partition coefficient (Wildman–Crippen LogP) is 2.36. The van der Waals surface area contributed by atoms with Crippen molar-refractivity contribution in [3.05, 3.63) is 21.9 Å². The number of fused-ring (bicyclic) bond motifs is 1. The lowest BCUT2D eigenvalue weighted by atomic mass is 9.89. The fourth-order valence-electron chi connectivity index (χ4n) is 1.99. The lowest BCUT2D eigenvalue weighted by molar-refractivity contribution is -0.0126. The van der Waals surface area contributed by atoms with Crippen molar-refractivity contribution < 1.29 is 4.74 Å². The standard InChI is InChI=1S/C11H17NOS/c1-11(2,13-3)10-8-5-7-14-9(8)4-6-12-10/h5,7,10,12H,4,6H2,1-3H3. The number of methoxy groups -OCH3 is 1. The van der Waals surface area contributed by atoms with Gasteiger partial charge in [-0.1, -0.05) is 0 Å². The third kappa shape index (κ3) is 1.60. The second-order valence-electron chi connectivity index (χ2n) is 4.24. The van der Waals surface area contributed by atoms with Crippen molar-refractivity contribution in [3.8, 4) is 0 Å². The van der Waals surface area contributed by atoms with E-state index in [1.54, 1.807) is 7.11 Å². The molecule has 2 rings (SSSR count). The van der Waals surface area contributed by atoms with Crippen molar-refractivity contribution in [2.24, 2.45) is 0 Å². The maximum atomic E-state index is 5.55. The summed E-state index contributed by atoms with van der Waals surface area (Å²) in [6.07, 6.45) is 1.16. The molecule has 0 saturated carbocycles. The molecule has 1 unspecified atom stereocenters. The Bertz CT molecular complexity index is 319. The summed E-state index contributed by atoms with van der Waals surface area (Å²) in [4.78, 5) is 1.51. The van der Waals surface area contributed by atoms with Gasteiger partial charge in [-0.05, 0) is 37.3 Å². The zero-order valence-corrected chi connectivity index (χ0v) is 9.78. The molecule has 0 amide bonds. The Balaban J connectivity index is 2.32. The molecule has 2 heterocycles. The van der Waals surface area contributed by atoms with Gasteiger partial charge in [-0.2, -0.15) is 0 Å². The average Bonchev–Trinajstić information content (AvgIpc) is 2.64. The molecule has 1 aromatic rings. The molecule has 3 heteroatoms. The van der Waals surface area contributed by atoms with Gasteiger partial charge >= 0.3 is 0 Å². The largest absolute Gasteiger partial charge is 0.377 e. The molecule has 1 N–H and O–H groups in total. The van der Waals surface area contributed by atoms with Crippen LogP contribution in [0.3, 0.4) is 0 Å². The summed E-state index contributed by atoms with van der Waals surface area (Å²) < 4.78 is 5.55. The van der Waals surface area contributed by atoms with E-state index >= 15 is 0 Å². The number of nitrogens with one attached hydrogen (secondary N) is 1. The molecule has 14 heavy (non-hydrogen) atoms. The molecule has 78 valence electrons. The Kier molecular flexibility index (Phi) is 2.64. The maximum absolute atomic E-state index is 5.55. The van der Waals surface area contributed by atoms with E-state index in [-0.39, 0.29) is 5.60 Å². The van der Waals surface area contributed by atoms with Gasteiger partial charge in [0.05, 0.1) is 11.6 Å². The summed E-state index contributed by atoms with van der Waals surface area (Å²) >= 11 is 1.86. The van der Waals surface area contributed by atoms with Crippen molar-refractivity contribution in [1.29, 1.82) is 0 Å². The minimum Gasteiger partial charge on any atom is -0.377 e. The number of hydrogen-bond donors (Lipinski definition) is 1. The zero-order valence-electron chi connectivity index (χ0n) is 8.96. The Hall–Kier alpha value is -0.380. The van der Waals surface area contributed by atoms with Crippen LogP contribution in [0.15, 0.2) is 11.4 Å². The lowest BCUT2D eigenvalue weighted by Gasteiger charge is -2.36. The van der Waals surface area contributed by atoms with Crippen molar-refractivity contribution in [1.82, 2.24) is 5.32 Å². The highest BCUT2D eigenvalue weighted by atomic mass is 32.1. The molecule has 0 bridgehead atoms. The first-order valence-electron chi connectivity index (χ1n) is 5.00. The number of ether oxygens (including phenoxy) is 1. The van der Waals surface area contributed by atoms with Crippen LogP contribution in [0.2, 0.25) is 0 Å². The second kappa shape index (κ2) is 3.65. The molecule has 0 spiro atoms. The van der Waals surface area contributed by atoms with E-state index in [0.29, 0.717) is 6.04 Å². The molecule has 1 aliphatic heterocycles. The van der Waals surface area contributed by atoms with Crippen LogP contribution in [-0.2, 0) is 11.2 Å². The molecule has 0 saturated heterocycles. The van der Waals surface area contributed by atoms with Crippen LogP contribution in [0, 0.1) is 0 Å². The van der Waals surface area contributed by atoms with Gasteiger partial charge in [0.25, 0.3) is 0 Å². The van der Waals surface area contributed by atoms with Gasteiger partial charge in [0.2, 0.25) is 0 Å². The van der Waals surface area contributed by atoms with Gasteiger partial charge in [0.15, 0.2) is 0 Å². The van der Waals surface area contributed by atoms with Crippen molar-refractivity contribution in [3.63, 3.8) is 0 Å². The first-order chi connectivity index (χ1) is 6.65. The molecule has 0 aromatic carbocycles. The van der Waals surface area contributed by atoms with Gasteiger partial charge in [0.1, 0.15) is 0 Å². The average molecular weight is 211 g/mol. The van der Waals surface area contributed by atoms with Crippen LogP contribution >= 0.6 is 11.3 Å². The highest BCUT2D eigenvalue weighted by molar-refractivity contribution is 7.10. The molecule has 0 aliphatic carbocycles. The topological polar surface area (TPSA) is 21.3 Å². The van der Waals surface area contributed by atoms with Gasteiger partial charge in [-0.3, -0.25) is 0 Å². The van der Waals surface area contributed by atoms with E-state index < -0.39 is 0 Å².